The predicted molar refractivity (Wildman–Crippen MR) is 79.7 cm³/mol. The number of nitrogens with one attached hydrogen (secondary N) is 1. The van der Waals surface area contributed by atoms with Gasteiger partial charge in [0, 0.05) is 30.6 Å². The lowest BCUT2D eigenvalue weighted by Gasteiger charge is -2.14. The van der Waals surface area contributed by atoms with Gasteiger partial charge in [-0.1, -0.05) is 24.6 Å². The molecule has 6 nitrogen and oxygen atoms in total. The standard InChI is InChI=1S/C15H21N3O3/c16-13-6-3-5-12(13)10-15(19)17-9-8-11-4-1-2-7-14(11)18(20)21/h1-2,4,7,12-13H,3,5-6,8-10,16H2,(H,17,19)/t12-,13+/m0/s1. The maximum Gasteiger partial charge on any atom is 0.272 e. The molecule has 1 aliphatic carbocycles. The van der Waals surface area contributed by atoms with Crippen molar-refractivity contribution in [1.29, 1.82) is 0 Å². The first kappa shape index (κ1) is 15.4. The summed E-state index contributed by atoms with van der Waals surface area (Å²) < 4.78 is 0. The molecule has 3 N–H and O–H groups in total. The number of nitrogens with zero attached hydrogens (tertiary/aromatic N) is 1. The summed E-state index contributed by atoms with van der Waals surface area (Å²) in [6.07, 6.45) is 4.01. The van der Waals surface area contributed by atoms with Gasteiger partial charge in [-0.2, -0.15) is 0 Å². The molecule has 0 radical (unpaired) electrons. The summed E-state index contributed by atoms with van der Waals surface area (Å²) in [6.45, 7) is 0.408. The van der Waals surface area contributed by atoms with Crippen molar-refractivity contribution in [3.63, 3.8) is 0 Å². The molecule has 1 amide bonds. The van der Waals surface area contributed by atoms with Crippen LogP contribution in [-0.4, -0.2) is 23.4 Å². The van der Waals surface area contributed by atoms with E-state index >= 15 is 0 Å². The van der Waals surface area contributed by atoms with E-state index in [0.717, 1.165) is 19.3 Å². The summed E-state index contributed by atoms with van der Waals surface area (Å²) >= 11 is 0. The van der Waals surface area contributed by atoms with Gasteiger partial charge in [-0.3, -0.25) is 14.9 Å². The Bertz CT molecular complexity index is 519. The van der Waals surface area contributed by atoms with E-state index in [1.165, 1.54) is 6.07 Å². The lowest BCUT2D eigenvalue weighted by molar-refractivity contribution is -0.385. The van der Waals surface area contributed by atoms with Gasteiger partial charge in [0.2, 0.25) is 5.91 Å². The van der Waals surface area contributed by atoms with E-state index in [1.54, 1.807) is 18.2 Å². The number of hydrogen-bond acceptors (Lipinski definition) is 4. The SMILES string of the molecule is N[C@@H]1CCC[C@H]1CC(=O)NCCc1ccccc1[N+](=O)[O-]. The van der Waals surface area contributed by atoms with Crippen LogP contribution in [0.1, 0.15) is 31.2 Å². The zero-order valence-electron chi connectivity index (χ0n) is 12.0. The molecule has 114 valence electrons. The second-order valence-electron chi connectivity index (χ2n) is 5.54. The van der Waals surface area contributed by atoms with Gasteiger partial charge >= 0.3 is 0 Å². The Morgan fingerprint density at radius 1 is 1.38 bits per heavy atom. The molecule has 1 aromatic carbocycles. The summed E-state index contributed by atoms with van der Waals surface area (Å²) in [5.41, 5.74) is 6.69. The molecule has 0 spiro atoms. The van der Waals surface area contributed by atoms with Crippen molar-refractivity contribution < 1.29 is 9.72 Å². The van der Waals surface area contributed by atoms with Gasteiger partial charge in [-0.25, -0.2) is 0 Å². The third kappa shape index (κ3) is 4.26. The highest BCUT2D eigenvalue weighted by atomic mass is 16.6. The summed E-state index contributed by atoms with van der Waals surface area (Å²) in [5.74, 6) is 0.256. The molecule has 0 heterocycles. The lowest BCUT2D eigenvalue weighted by atomic mass is 10.00. The Labute approximate surface area is 123 Å². The molecular weight excluding hydrogens is 270 g/mol. The Morgan fingerprint density at radius 3 is 2.81 bits per heavy atom. The second-order valence-corrected chi connectivity index (χ2v) is 5.54. The van der Waals surface area contributed by atoms with Crippen molar-refractivity contribution in [2.24, 2.45) is 11.7 Å². The summed E-state index contributed by atoms with van der Waals surface area (Å²) in [5, 5.41) is 13.7. The van der Waals surface area contributed by atoms with Crippen molar-refractivity contribution in [3.05, 3.63) is 39.9 Å². The Morgan fingerprint density at radius 2 is 2.14 bits per heavy atom. The number of para-hydroxylation sites is 1. The molecule has 0 aromatic heterocycles. The van der Waals surface area contributed by atoms with Crippen LogP contribution in [0.5, 0.6) is 0 Å². The van der Waals surface area contributed by atoms with E-state index in [2.05, 4.69) is 5.32 Å². The molecule has 1 saturated carbocycles. The smallest absolute Gasteiger partial charge is 0.272 e. The van der Waals surface area contributed by atoms with Crippen molar-refractivity contribution in [3.8, 4) is 0 Å². The van der Waals surface area contributed by atoms with Crippen LogP contribution in [0.3, 0.4) is 0 Å². The van der Waals surface area contributed by atoms with Gasteiger partial charge in [-0.15, -0.1) is 0 Å². The van der Waals surface area contributed by atoms with Crippen molar-refractivity contribution in [2.75, 3.05) is 6.54 Å². The molecule has 2 atom stereocenters. The van der Waals surface area contributed by atoms with Crippen LogP contribution in [0.4, 0.5) is 5.69 Å². The fourth-order valence-corrected chi connectivity index (χ4v) is 2.87. The minimum atomic E-state index is -0.394. The number of nitro benzene ring substituents is 1. The molecule has 6 heteroatoms. The van der Waals surface area contributed by atoms with Gasteiger partial charge in [0.1, 0.15) is 0 Å². The second kappa shape index (κ2) is 7.17. The van der Waals surface area contributed by atoms with Gasteiger partial charge < -0.3 is 11.1 Å². The zero-order valence-corrected chi connectivity index (χ0v) is 12.0. The number of rotatable bonds is 6. The number of nitrogens with two attached hydrogens (primary N) is 1. The third-order valence-corrected chi connectivity index (χ3v) is 4.07. The van der Waals surface area contributed by atoms with Gasteiger partial charge in [-0.05, 0) is 25.2 Å². The Kier molecular flexibility index (Phi) is 5.27. The van der Waals surface area contributed by atoms with E-state index in [-0.39, 0.29) is 23.6 Å². The molecule has 1 aromatic rings. The van der Waals surface area contributed by atoms with Gasteiger partial charge in [0.25, 0.3) is 5.69 Å². The van der Waals surface area contributed by atoms with Crippen molar-refractivity contribution >= 4 is 11.6 Å². The molecule has 1 fully saturated rings. The highest BCUT2D eigenvalue weighted by Crippen LogP contribution is 2.26. The van der Waals surface area contributed by atoms with Crippen LogP contribution in [0.15, 0.2) is 24.3 Å². The van der Waals surface area contributed by atoms with Crippen LogP contribution in [0, 0.1) is 16.0 Å². The molecule has 0 saturated heterocycles. The highest BCUT2D eigenvalue weighted by molar-refractivity contribution is 5.76. The molecule has 0 bridgehead atoms. The van der Waals surface area contributed by atoms with Crippen molar-refractivity contribution in [1.82, 2.24) is 5.32 Å². The largest absolute Gasteiger partial charge is 0.356 e. The first-order valence-electron chi connectivity index (χ1n) is 7.32. The molecule has 0 aliphatic heterocycles. The number of hydrogen-bond donors (Lipinski definition) is 2. The first-order chi connectivity index (χ1) is 10.1. The molecule has 0 unspecified atom stereocenters. The van der Waals surface area contributed by atoms with Crippen molar-refractivity contribution in [2.45, 2.75) is 38.1 Å². The fraction of sp³-hybridized carbons (Fsp3) is 0.533. The quantitative estimate of drug-likeness (QED) is 0.616. The average Bonchev–Trinajstić information content (AvgIpc) is 2.84. The predicted octanol–water partition coefficient (Wildman–Crippen LogP) is 1.77. The van der Waals surface area contributed by atoms with Crippen LogP contribution in [0.25, 0.3) is 0 Å². The highest BCUT2D eigenvalue weighted by Gasteiger charge is 2.25. The number of carbonyl (C=O) groups excluding carboxylic acids is 1. The molecular formula is C15H21N3O3. The van der Waals surface area contributed by atoms with Crippen LogP contribution in [-0.2, 0) is 11.2 Å². The van der Waals surface area contributed by atoms with Crippen LogP contribution in [0.2, 0.25) is 0 Å². The maximum atomic E-state index is 11.9. The van der Waals surface area contributed by atoms with E-state index < -0.39 is 4.92 Å². The van der Waals surface area contributed by atoms with E-state index in [9.17, 15) is 14.9 Å². The molecule has 21 heavy (non-hydrogen) atoms. The number of amides is 1. The van der Waals surface area contributed by atoms with E-state index in [0.29, 0.717) is 24.9 Å². The minimum absolute atomic E-state index is 0.0177. The Balaban J connectivity index is 1.79. The third-order valence-electron chi connectivity index (χ3n) is 4.07. The van der Waals surface area contributed by atoms with E-state index in [1.807, 2.05) is 0 Å². The maximum absolute atomic E-state index is 11.9. The lowest BCUT2D eigenvalue weighted by Crippen LogP contribution is -2.32. The van der Waals surface area contributed by atoms with Crippen LogP contribution >= 0.6 is 0 Å². The summed E-state index contributed by atoms with van der Waals surface area (Å²) in [7, 11) is 0. The van der Waals surface area contributed by atoms with E-state index in [4.69, 9.17) is 5.73 Å². The van der Waals surface area contributed by atoms with Gasteiger partial charge in [0.05, 0.1) is 4.92 Å². The van der Waals surface area contributed by atoms with Gasteiger partial charge in [0.15, 0.2) is 0 Å². The van der Waals surface area contributed by atoms with Crippen LogP contribution < -0.4 is 11.1 Å². The number of benzene rings is 1. The molecule has 2 rings (SSSR count). The fourth-order valence-electron chi connectivity index (χ4n) is 2.87. The first-order valence-corrected chi connectivity index (χ1v) is 7.32. The monoisotopic (exact) mass is 291 g/mol. The Hall–Kier alpha value is -1.95. The summed E-state index contributed by atoms with van der Waals surface area (Å²) in [4.78, 5) is 22.3. The normalized spacial score (nSPS) is 21.2. The molecule has 1 aliphatic rings. The average molecular weight is 291 g/mol. The zero-order chi connectivity index (χ0) is 15.2. The number of carbonyl (C=O) groups is 1. The number of nitro groups is 1. The summed E-state index contributed by atoms with van der Waals surface area (Å²) in [6, 6.07) is 6.74. The minimum Gasteiger partial charge on any atom is -0.356 e. The topological polar surface area (TPSA) is 98.3 Å².